The van der Waals surface area contributed by atoms with Crippen molar-refractivity contribution in [2.75, 3.05) is 13.2 Å². The van der Waals surface area contributed by atoms with Crippen molar-refractivity contribution in [3.63, 3.8) is 0 Å². The predicted molar refractivity (Wildman–Crippen MR) is 46.5 cm³/mol. The summed E-state index contributed by atoms with van der Waals surface area (Å²) in [5.41, 5.74) is 2.37. The molecule has 1 atom stereocenters. The van der Waals surface area contributed by atoms with Gasteiger partial charge in [0.15, 0.2) is 6.29 Å². The lowest BCUT2D eigenvalue weighted by molar-refractivity contribution is -0.213. The van der Waals surface area contributed by atoms with Gasteiger partial charge in [-0.3, -0.25) is 4.84 Å². The summed E-state index contributed by atoms with van der Waals surface area (Å²) in [6.45, 7) is 8.15. The molecule has 2 N–H and O–H groups in total. The Morgan fingerprint density at radius 2 is 2.00 bits per heavy atom. The average molecular weight is 177 g/mol. The topological polar surface area (TPSA) is 50.7 Å². The van der Waals surface area contributed by atoms with Crippen LogP contribution >= 0.6 is 0 Å². The third-order valence-electron chi connectivity index (χ3n) is 0.983. The largest absolute Gasteiger partial charge is 0.395 e. The number of nitrogens with one attached hydrogen (secondary N) is 1. The van der Waals surface area contributed by atoms with Gasteiger partial charge in [-0.1, -0.05) is 0 Å². The molecule has 1 unspecified atom stereocenters. The highest BCUT2D eigenvalue weighted by atomic mass is 16.8. The van der Waals surface area contributed by atoms with Crippen molar-refractivity contribution in [3.05, 3.63) is 0 Å². The Balaban J connectivity index is 3.40. The summed E-state index contributed by atoms with van der Waals surface area (Å²) in [6, 6.07) is 0. The minimum atomic E-state index is -0.309. The van der Waals surface area contributed by atoms with Crippen molar-refractivity contribution in [3.8, 4) is 0 Å². The van der Waals surface area contributed by atoms with Crippen LogP contribution in [0.4, 0.5) is 0 Å². The van der Waals surface area contributed by atoms with Crippen molar-refractivity contribution >= 4 is 0 Å². The molecule has 0 heterocycles. The van der Waals surface area contributed by atoms with Gasteiger partial charge in [0.2, 0.25) is 0 Å². The number of rotatable bonds is 5. The van der Waals surface area contributed by atoms with Gasteiger partial charge in [0.1, 0.15) is 0 Å². The highest BCUT2D eigenvalue weighted by Crippen LogP contribution is 2.10. The maximum Gasteiger partial charge on any atom is 0.175 e. The van der Waals surface area contributed by atoms with Gasteiger partial charge in [0.05, 0.1) is 12.2 Å². The molecule has 0 rings (SSSR count). The molecule has 74 valence electrons. The van der Waals surface area contributed by atoms with Gasteiger partial charge < -0.3 is 9.84 Å². The molecule has 0 aliphatic heterocycles. The molecule has 0 spiro atoms. The number of hydrogen-bond acceptors (Lipinski definition) is 4. The highest BCUT2D eigenvalue weighted by molar-refractivity contribution is 4.58. The molecule has 0 amide bonds. The molecule has 0 saturated heterocycles. The fourth-order valence-corrected chi connectivity index (χ4v) is 0.744. The summed E-state index contributed by atoms with van der Waals surface area (Å²) in [5.74, 6) is 0. The van der Waals surface area contributed by atoms with Crippen molar-refractivity contribution in [2.45, 2.75) is 39.6 Å². The Kier molecular flexibility index (Phi) is 5.41. The SMILES string of the molecule is CC(ONCCO)OC(C)(C)C. The van der Waals surface area contributed by atoms with Gasteiger partial charge in [-0.2, -0.15) is 5.48 Å². The maximum absolute atomic E-state index is 8.43. The number of ether oxygens (including phenoxy) is 1. The fourth-order valence-electron chi connectivity index (χ4n) is 0.744. The number of aliphatic hydroxyl groups excluding tert-OH is 1. The zero-order valence-corrected chi connectivity index (χ0v) is 8.26. The summed E-state index contributed by atoms with van der Waals surface area (Å²) < 4.78 is 5.42. The van der Waals surface area contributed by atoms with Gasteiger partial charge >= 0.3 is 0 Å². The van der Waals surface area contributed by atoms with Gasteiger partial charge in [0, 0.05) is 6.54 Å². The summed E-state index contributed by atoms with van der Waals surface area (Å²) in [5, 5.41) is 8.43. The first-order chi connectivity index (χ1) is 5.45. The second-order valence-electron chi connectivity index (χ2n) is 3.53. The summed E-state index contributed by atoms with van der Waals surface area (Å²) in [4.78, 5) is 5.03. The molecular formula is C8H19NO3. The van der Waals surface area contributed by atoms with E-state index in [0.717, 1.165) is 0 Å². The first-order valence-electron chi connectivity index (χ1n) is 4.13. The van der Waals surface area contributed by atoms with Crippen LogP contribution in [0, 0.1) is 0 Å². The molecule has 12 heavy (non-hydrogen) atoms. The number of hydroxylamine groups is 1. The Morgan fingerprint density at radius 1 is 1.42 bits per heavy atom. The first-order valence-corrected chi connectivity index (χ1v) is 4.13. The van der Waals surface area contributed by atoms with Crippen LogP contribution in [0.15, 0.2) is 0 Å². The second kappa shape index (κ2) is 5.48. The molecule has 0 aliphatic carbocycles. The molecule has 4 nitrogen and oxygen atoms in total. The molecule has 0 aromatic heterocycles. The predicted octanol–water partition coefficient (Wildman–Crippen LogP) is 0.661. The summed E-state index contributed by atoms with van der Waals surface area (Å²) >= 11 is 0. The van der Waals surface area contributed by atoms with E-state index >= 15 is 0 Å². The monoisotopic (exact) mass is 177 g/mol. The quantitative estimate of drug-likeness (QED) is 0.368. The number of aliphatic hydroxyl groups is 1. The van der Waals surface area contributed by atoms with Gasteiger partial charge in [-0.15, -0.1) is 0 Å². The van der Waals surface area contributed by atoms with E-state index in [9.17, 15) is 0 Å². The lowest BCUT2D eigenvalue weighted by Gasteiger charge is -2.24. The Labute approximate surface area is 73.8 Å². The van der Waals surface area contributed by atoms with Crippen molar-refractivity contribution in [1.82, 2.24) is 5.48 Å². The average Bonchev–Trinajstić information content (AvgIpc) is 1.84. The van der Waals surface area contributed by atoms with E-state index in [2.05, 4.69) is 5.48 Å². The molecular weight excluding hydrogens is 158 g/mol. The van der Waals surface area contributed by atoms with Gasteiger partial charge in [-0.25, -0.2) is 0 Å². The summed E-state index contributed by atoms with van der Waals surface area (Å²) in [6.07, 6.45) is -0.309. The van der Waals surface area contributed by atoms with Crippen molar-refractivity contribution < 1.29 is 14.7 Å². The van der Waals surface area contributed by atoms with Crippen LogP contribution < -0.4 is 5.48 Å². The van der Waals surface area contributed by atoms with Gasteiger partial charge in [0.25, 0.3) is 0 Å². The summed E-state index contributed by atoms with van der Waals surface area (Å²) in [7, 11) is 0. The highest BCUT2D eigenvalue weighted by Gasteiger charge is 2.15. The van der Waals surface area contributed by atoms with Crippen LogP contribution in [-0.2, 0) is 9.57 Å². The molecule has 0 radical (unpaired) electrons. The molecule has 0 aliphatic rings. The zero-order valence-electron chi connectivity index (χ0n) is 8.26. The molecule has 0 aromatic rings. The van der Waals surface area contributed by atoms with E-state index < -0.39 is 0 Å². The molecule has 0 fully saturated rings. The van der Waals surface area contributed by atoms with E-state index in [0.29, 0.717) is 6.54 Å². The number of hydrogen-bond donors (Lipinski definition) is 2. The third-order valence-corrected chi connectivity index (χ3v) is 0.983. The van der Waals surface area contributed by atoms with Crippen LogP contribution in [-0.4, -0.2) is 30.1 Å². The molecule has 0 saturated carbocycles. The fraction of sp³-hybridized carbons (Fsp3) is 1.00. The molecule has 0 aromatic carbocycles. The zero-order chi connectivity index (χ0) is 9.61. The van der Waals surface area contributed by atoms with Crippen LogP contribution in [0.2, 0.25) is 0 Å². The Morgan fingerprint density at radius 3 is 2.42 bits per heavy atom. The minimum absolute atomic E-state index is 0.0578. The second-order valence-corrected chi connectivity index (χ2v) is 3.53. The van der Waals surface area contributed by atoms with Crippen LogP contribution in [0.5, 0.6) is 0 Å². The van der Waals surface area contributed by atoms with Gasteiger partial charge in [-0.05, 0) is 27.7 Å². The Hall–Kier alpha value is -0.160. The smallest absolute Gasteiger partial charge is 0.175 e. The van der Waals surface area contributed by atoms with E-state index in [1.807, 2.05) is 20.8 Å². The lowest BCUT2D eigenvalue weighted by atomic mass is 10.2. The third kappa shape index (κ3) is 7.94. The lowest BCUT2D eigenvalue weighted by Crippen LogP contribution is -2.32. The van der Waals surface area contributed by atoms with E-state index in [-0.39, 0.29) is 18.5 Å². The van der Waals surface area contributed by atoms with Crippen LogP contribution in [0.25, 0.3) is 0 Å². The molecule has 4 heteroatoms. The van der Waals surface area contributed by atoms with Crippen LogP contribution in [0.1, 0.15) is 27.7 Å². The van der Waals surface area contributed by atoms with E-state index in [1.165, 1.54) is 0 Å². The first kappa shape index (κ1) is 11.8. The standard InChI is InChI=1S/C8H19NO3/c1-7(11-8(2,3)4)12-9-5-6-10/h7,9-10H,5-6H2,1-4H3. The maximum atomic E-state index is 8.43. The van der Waals surface area contributed by atoms with E-state index in [4.69, 9.17) is 14.7 Å². The normalized spacial score (nSPS) is 14.8. The molecule has 0 bridgehead atoms. The Bertz CT molecular complexity index is 111. The van der Waals surface area contributed by atoms with Crippen LogP contribution in [0.3, 0.4) is 0 Å². The van der Waals surface area contributed by atoms with Crippen molar-refractivity contribution in [1.29, 1.82) is 0 Å². The van der Waals surface area contributed by atoms with E-state index in [1.54, 1.807) is 6.92 Å². The minimum Gasteiger partial charge on any atom is -0.395 e. The van der Waals surface area contributed by atoms with Crippen molar-refractivity contribution in [2.24, 2.45) is 0 Å².